The van der Waals surface area contributed by atoms with Crippen molar-refractivity contribution in [3.63, 3.8) is 0 Å². The molecule has 7 heteroatoms. The van der Waals surface area contributed by atoms with Crippen molar-refractivity contribution in [1.29, 1.82) is 0 Å². The molecule has 0 saturated carbocycles. The number of benzene rings is 1. The van der Waals surface area contributed by atoms with Gasteiger partial charge in [-0.05, 0) is 68.0 Å². The van der Waals surface area contributed by atoms with E-state index < -0.39 is 0 Å². The van der Waals surface area contributed by atoms with Gasteiger partial charge in [-0.2, -0.15) is 0 Å². The number of pyridine rings is 1. The summed E-state index contributed by atoms with van der Waals surface area (Å²) in [5, 5.41) is 14.4. The number of aliphatic hydroxyl groups is 1. The van der Waals surface area contributed by atoms with Crippen LogP contribution >= 0.6 is 23.8 Å². The Labute approximate surface area is 180 Å². The van der Waals surface area contributed by atoms with Crippen LogP contribution in [0.4, 0.5) is 0 Å². The summed E-state index contributed by atoms with van der Waals surface area (Å²) in [5.41, 5.74) is 5.33. The Morgan fingerprint density at radius 2 is 2.00 bits per heavy atom. The van der Waals surface area contributed by atoms with Crippen LogP contribution in [0.1, 0.15) is 34.7 Å². The fourth-order valence-corrected chi connectivity index (χ4v) is 4.71. The van der Waals surface area contributed by atoms with Gasteiger partial charge in [0, 0.05) is 34.8 Å². The van der Waals surface area contributed by atoms with Gasteiger partial charge in [-0.3, -0.25) is 4.98 Å². The van der Waals surface area contributed by atoms with Crippen molar-refractivity contribution in [3.05, 3.63) is 82.4 Å². The summed E-state index contributed by atoms with van der Waals surface area (Å²) in [5.74, 6) is 0. The van der Waals surface area contributed by atoms with E-state index in [0.717, 1.165) is 28.3 Å². The molecule has 150 valence electrons. The predicted molar refractivity (Wildman–Crippen MR) is 119 cm³/mol. The zero-order chi connectivity index (χ0) is 20.5. The van der Waals surface area contributed by atoms with Gasteiger partial charge in [0.1, 0.15) is 0 Å². The molecule has 4 rings (SSSR count). The minimum atomic E-state index is -0.0939. The van der Waals surface area contributed by atoms with E-state index in [9.17, 15) is 5.11 Å². The van der Waals surface area contributed by atoms with Crippen LogP contribution in [-0.2, 0) is 0 Å². The number of hydrogen-bond acceptors (Lipinski definition) is 3. The Morgan fingerprint density at radius 1 is 1.17 bits per heavy atom. The van der Waals surface area contributed by atoms with E-state index in [1.165, 1.54) is 0 Å². The predicted octanol–water partition coefficient (Wildman–Crippen LogP) is 4.11. The molecule has 1 aliphatic heterocycles. The fourth-order valence-electron chi connectivity index (χ4n) is 4.19. The minimum Gasteiger partial charge on any atom is -0.395 e. The molecule has 29 heavy (non-hydrogen) atoms. The molecule has 1 saturated heterocycles. The fraction of sp³-hybridized carbons (Fsp3) is 0.273. The maximum Gasteiger partial charge on any atom is 0.170 e. The first-order valence-corrected chi connectivity index (χ1v) is 10.3. The SMILES string of the molecule is Cc1cc([C@@H]2[C@@H](c3ccccn3)NC(=S)N2CCO)c(C)n1-c1cccc(Cl)c1. The number of hydrogen-bond donors (Lipinski definition) is 2. The minimum absolute atomic E-state index is 0.0281. The van der Waals surface area contributed by atoms with Crippen molar-refractivity contribution in [2.24, 2.45) is 0 Å². The molecule has 1 aromatic carbocycles. The van der Waals surface area contributed by atoms with Crippen LogP contribution in [0, 0.1) is 13.8 Å². The van der Waals surface area contributed by atoms with E-state index in [4.69, 9.17) is 23.8 Å². The lowest BCUT2D eigenvalue weighted by molar-refractivity contribution is 0.223. The Balaban J connectivity index is 1.84. The van der Waals surface area contributed by atoms with E-state index in [1.807, 2.05) is 36.4 Å². The third kappa shape index (κ3) is 3.64. The van der Waals surface area contributed by atoms with Gasteiger partial charge >= 0.3 is 0 Å². The number of halogens is 1. The average Bonchev–Trinajstić information content (AvgIpc) is 3.18. The Hall–Kier alpha value is -2.41. The highest BCUT2D eigenvalue weighted by atomic mass is 35.5. The highest BCUT2D eigenvalue weighted by Gasteiger charge is 2.41. The molecule has 0 amide bonds. The first-order chi connectivity index (χ1) is 14.0. The Morgan fingerprint density at radius 3 is 2.69 bits per heavy atom. The number of aromatic nitrogens is 2. The standard InChI is InChI=1S/C22H23ClN4OS/c1-14-12-18(15(2)27(14)17-7-5-6-16(23)13-17)21-20(19-8-3-4-9-24-19)25-22(29)26(21)10-11-28/h3-9,12-13,20-21,28H,10-11H2,1-2H3,(H,25,29)/t20-,21-/m1/s1. The summed E-state index contributed by atoms with van der Waals surface area (Å²) in [4.78, 5) is 6.61. The van der Waals surface area contributed by atoms with Gasteiger partial charge in [0.25, 0.3) is 0 Å². The smallest absolute Gasteiger partial charge is 0.170 e. The summed E-state index contributed by atoms with van der Waals surface area (Å²) in [6.45, 7) is 4.68. The number of aliphatic hydroxyl groups excluding tert-OH is 1. The molecular weight excluding hydrogens is 404 g/mol. The van der Waals surface area contributed by atoms with Crippen LogP contribution in [-0.4, -0.2) is 37.8 Å². The lowest BCUT2D eigenvalue weighted by Crippen LogP contribution is -2.32. The van der Waals surface area contributed by atoms with E-state index in [-0.39, 0.29) is 18.7 Å². The number of rotatable bonds is 5. The first kappa shape index (κ1) is 19.9. The molecule has 2 N–H and O–H groups in total. The summed E-state index contributed by atoms with van der Waals surface area (Å²) >= 11 is 11.8. The van der Waals surface area contributed by atoms with Gasteiger partial charge in [-0.25, -0.2) is 0 Å². The monoisotopic (exact) mass is 426 g/mol. The van der Waals surface area contributed by atoms with E-state index >= 15 is 0 Å². The lowest BCUT2D eigenvalue weighted by Gasteiger charge is -2.27. The largest absolute Gasteiger partial charge is 0.395 e. The maximum absolute atomic E-state index is 9.64. The summed E-state index contributed by atoms with van der Waals surface area (Å²) in [7, 11) is 0. The average molecular weight is 427 g/mol. The maximum atomic E-state index is 9.64. The van der Waals surface area contributed by atoms with Crippen molar-refractivity contribution in [3.8, 4) is 5.69 Å². The summed E-state index contributed by atoms with van der Waals surface area (Å²) in [6.07, 6.45) is 1.79. The van der Waals surface area contributed by atoms with Crippen LogP contribution < -0.4 is 5.32 Å². The highest BCUT2D eigenvalue weighted by Crippen LogP contribution is 2.41. The lowest BCUT2D eigenvalue weighted by atomic mass is 9.97. The van der Waals surface area contributed by atoms with Crippen LogP contribution in [0.15, 0.2) is 54.7 Å². The molecule has 0 spiro atoms. The van der Waals surface area contributed by atoms with E-state index in [0.29, 0.717) is 16.7 Å². The van der Waals surface area contributed by atoms with Gasteiger partial charge in [0.2, 0.25) is 0 Å². The molecular formula is C22H23ClN4OS. The van der Waals surface area contributed by atoms with Crippen molar-refractivity contribution >= 4 is 28.9 Å². The van der Waals surface area contributed by atoms with Gasteiger partial charge in [-0.1, -0.05) is 23.7 Å². The third-order valence-corrected chi connectivity index (χ3v) is 5.98. The van der Waals surface area contributed by atoms with Crippen LogP contribution in [0.25, 0.3) is 5.69 Å². The Bertz CT molecular complexity index is 1040. The number of thiocarbonyl (C=S) groups is 1. The van der Waals surface area contributed by atoms with Crippen molar-refractivity contribution in [2.75, 3.05) is 13.2 Å². The molecule has 3 heterocycles. The number of β-amino-alcohol motifs (C(OH)–C–C–N with tert-alkyl or cyclic N) is 1. The summed E-state index contributed by atoms with van der Waals surface area (Å²) in [6, 6.07) is 15.8. The second kappa shape index (κ2) is 8.14. The number of nitrogens with one attached hydrogen (secondary N) is 1. The second-order valence-corrected chi connectivity index (χ2v) is 8.01. The molecule has 1 fully saturated rings. The molecule has 3 aromatic rings. The highest BCUT2D eigenvalue weighted by molar-refractivity contribution is 7.80. The van der Waals surface area contributed by atoms with Gasteiger partial charge < -0.3 is 19.9 Å². The van der Waals surface area contributed by atoms with Crippen molar-refractivity contribution < 1.29 is 5.11 Å². The molecule has 0 unspecified atom stereocenters. The van der Waals surface area contributed by atoms with Gasteiger partial charge in [0.15, 0.2) is 5.11 Å². The summed E-state index contributed by atoms with van der Waals surface area (Å²) < 4.78 is 2.20. The molecule has 0 bridgehead atoms. The normalized spacial score (nSPS) is 18.9. The van der Waals surface area contributed by atoms with E-state index in [2.05, 4.69) is 45.7 Å². The molecule has 1 aliphatic rings. The van der Waals surface area contributed by atoms with Crippen LogP contribution in [0.5, 0.6) is 0 Å². The zero-order valence-corrected chi connectivity index (χ0v) is 17.9. The van der Waals surface area contributed by atoms with Crippen LogP contribution in [0.3, 0.4) is 0 Å². The van der Waals surface area contributed by atoms with Gasteiger partial charge in [-0.15, -0.1) is 0 Å². The van der Waals surface area contributed by atoms with Crippen molar-refractivity contribution in [1.82, 2.24) is 19.8 Å². The molecule has 0 radical (unpaired) electrons. The van der Waals surface area contributed by atoms with Gasteiger partial charge in [0.05, 0.1) is 24.4 Å². The topological polar surface area (TPSA) is 53.3 Å². The quantitative estimate of drug-likeness (QED) is 0.601. The Kier molecular flexibility index (Phi) is 5.58. The molecule has 2 atom stereocenters. The number of aryl methyl sites for hydroxylation is 1. The second-order valence-electron chi connectivity index (χ2n) is 7.19. The van der Waals surface area contributed by atoms with E-state index in [1.54, 1.807) is 6.20 Å². The number of nitrogens with zero attached hydrogens (tertiary/aromatic N) is 3. The molecule has 0 aliphatic carbocycles. The van der Waals surface area contributed by atoms with Crippen LogP contribution in [0.2, 0.25) is 5.02 Å². The third-order valence-electron chi connectivity index (χ3n) is 5.39. The first-order valence-electron chi connectivity index (χ1n) is 9.55. The van der Waals surface area contributed by atoms with Crippen molar-refractivity contribution in [2.45, 2.75) is 25.9 Å². The molecule has 2 aromatic heterocycles. The zero-order valence-electron chi connectivity index (χ0n) is 16.3. The molecule has 5 nitrogen and oxygen atoms in total.